The topological polar surface area (TPSA) is 68.7 Å². The molecule has 0 saturated carbocycles. The molecule has 30 heavy (non-hydrogen) atoms. The second kappa shape index (κ2) is 10.3. The van der Waals surface area contributed by atoms with Crippen molar-refractivity contribution < 1.29 is 23.8 Å². The first-order chi connectivity index (χ1) is 14.5. The van der Waals surface area contributed by atoms with Gasteiger partial charge in [-0.15, -0.1) is 11.3 Å². The van der Waals surface area contributed by atoms with Gasteiger partial charge in [0.2, 0.25) is 0 Å². The van der Waals surface area contributed by atoms with Crippen molar-refractivity contribution in [1.82, 2.24) is 4.98 Å². The molecule has 0 bridgehead atoms. The Balaban J connectivity index is 1.55. The monoisotopic (exact) mass is 429 g/mol. The maximum Gasteiger partial charge on any atom is 0.333 e. The second-order valence-corrected chi connectivity index (χ2v) is 7.72. The van der Waals surface area contributed by atoms with Gasteiger partial charge < -0.3 is 14.6 Å². The van der Waals surface area contributed by atoms with Crippen molar-refractivity contribution in [3.63, 3.8) is 0 Å². The van der Waals surface area contributed by atoms with Crippen LogP contribution in [0.4, 0.5) is 4.39 Å². The number of carbonyl (C=O) groups is 1. The first-order valence-electron chi connectivity index (χ1n) is 9.73. The standard InChI is InChI=1S/C23H24FNO4S/c1-3-28-21(23(26)27)13-16-6-9-20(19(24)12-16)29-11-10-18-14-30-22(25-18)17-7-4-15(2)5-8-17/h4-9,12,14,21H,3,10-11,13H2,1-2H3,(H,26,27). The molecule has 1 heterocycles. The van der Waals surface area contributed by atoms with Gasteiger partial charge >= 0.3 is 5.97 Å². The number of halogens is 1. The van der Waals surface area contributed by atoms with Crippen LogP contribution in [0.5, 0.6) is 5.75 Å². The third-order valence-electron chi connectivity index (χ3n) is 4.53. The SMILES string of the molecule is CCOC(Cc1ccc(OCCc2csc(-c3ccc(C)cc3)n2)c(F)c1)C(=O)O. The highest BCUT2D eigenvalue weighted by molar-refractivity contribution is 7.13. The van der Waals surface area contributed by atoms with E-state index in [9.17, 15) is 9.18 Å². The summed E-state index contributed by atoms with van der Waals surface area (Å²) in [7, 11) is 0. The zero-order valence-corrected chi connectivity index (χ0v) is 17.7. The molecule has 7 heteroatoms. The number of aliphatic carboxylic acids is 1. The minimum Gasteiger partial charge on any atom is -0.490 e. The molecule has 158 valence electrons. The van der Waals surface area contributed by atoms with E-state index in [-0.39, 0.29) is 18.8 Å². The van der Waals surface area contributed by atoms with Gasteiger partial charge in [0.15, 0.2) is 17.7 Å². The summed E-state index contributed by atoms with van der Waals surface area (Å²) in [4.78, 5) is 15.8. The Hall–Kier alpha value is -2.77. The van der Waals surface area contributed by atoms with Crippen LogP contribution in [0.3, 0.4) is 0 Å². The maximum absolute atomic E-state index is 14.3. The molecule has 1 unspecified atom stereocenters. The first kappa shape index (κ1) is 21.9. The minimum absolute atomic E-state index is 0.0982. The van der Waals surface area contributed by atoms with Crippen molar-refractivity contribution >= 4 is 17.3 Å². The number of ether oxygens (including phenoxy) is 2. The zero-order valence-electron chi connectivity index (χ0n) is 16.9. The molecule has 1 aromatic heterocycles. The van der Waals surface area contributed by atoms with Crippen LogP contribution in [0, 0.1) is 12.7 Å². The van der Waals surface area contributed by atoms with Crippen LogP contribution >= 0.6 is 11.3 Å². The summed E-state index contributed by atoms with van der Waals surface area (Å²) in [5, 5.41) is 12.1. The number of carboxylic acid groups (broad SMARTS) is 1. The van der Waals surface area contributed by atoms with E-state index < -0.39 is 17.9 Å². The van der Waals surface area contributed by atoms with Gasteiger partial charge in [-0.05, 0) is 31.5 Å². The molecular formula is C23H24FNO4S. The normalized spacial score (nSPS) is 12.0. The molecule has 3 aromatic rings. The highest BCUT2D eigenvalue weighted by atomic mass is 32.1. The molecule has 1 atom stereocenters. The lowest BCUT2D eigenvalue weighted by Gasteiger charge is -2.13. The predicted octanol–water partition coefficient (Wildman–Crippen LogP) is 4.91. The number of carboxylic acids is 1. The fourth-order valence-corrected chi connectivity index (χ4v) is 3.80. The summed E-state index contributed by atoms with van der Waals surface area (Å²) in [5.41, 5.74) is 3.72. The summed E-state index contributed by atoms with van der Waals surface area (Å²) in [5.74, 6) is -1.45. The van der Waals surface area contributed by atoms with Crippen LogP contribution in [0.15, 0.2) is 47.8 Å². The van der Waals surface area contributed by atoms with Gasteiger partial charge in [0.1, 0.15) is 5.01 Å². The fourth-order valence-electron chi connectivity index (χ4n) is 2.94. The van der Waals surface area contributed by atoms with E-state index in [0.717, 1.165) is 16.3 Å². The van der Waals surface area contributed by atoms with Crippen LogP contribution in [0.1, 0.15) is 23.7 Å². The Morgan fingerprint density at radius 2 is 2.00 bits per heavy atom. The van der Waals surface area contributed by atoms with Crippen molar-refractivity contribution in [2.24, 2.45) is 0 Å². The molecule has 1 N–H and O–H groups in total. The summed E-state index contributed by atoms with van der Waals surface area (Å²) in [6.07, 6.45) is -0.329. The minimum atomic E-state index is -1.06. The van der Waals surface area contributed by atoms with Crippen LogP contribution in [-0.4, -0.2) is 35.4 Å². The van der Waals surface area contributed by atoms with Gasteiger partial charge in [-0.3, -0.25) is 0 Å². The average molecular weight is 430 g/mol. The number of aromatic nitrogens is 1. The van der Waals surface area contributed by atoms with Gasteiger partial charge in [0.25, 0.3) is 0 Å². The molecule has 0 aliphatic rings. The quantitative estimate of drug-likeness (QED) is 0.496. The lowest BCUT2D eigenvalue weighted by molar-refractivity contribution is -0.149. The van der Waals surface area contributed by atoms with E-state index in [4.69, 9.17) is 14.6 Å². The average Bonchev–Trinajstić information content (AvgIpc) is 3.18. The third kappa shape index (κ3) is 5.87. The largest absolute Gasteiger partial charge is 0.490 e. The smallest absolute Gasteiger partial charge is 0.333 e. The molecule has 0 aliphatic carbocycles. The molecule has 5 nitrogen and oxygen atoms in total. The second-order valence-electron chi connectivity index (χ2n) is 6.86. The van der Waals surface area contributed by atoms with Crippen LogP contribution < -0.4 is 4.74 Å². The lowest BCUT2D eigenvalue weighted by Crippen LogP contribution is -2.26. The van der Waals surface area contributed by atoms with E-state index in [1.54, 1.807) is 24.3 Å². The first-order valence-corrected chi connectivity index (χ1v) is 10.6. The molecule has 0 fully saturated rings. The summed E-state index contributed by atoms with van der Waals surface area (Å²) in [6, 6.07) is 12.7. The van der Waals surface area contributed by atoms with Crippen molar-refractivity contribution in [3.05, 3.63) is 70.5 Å². The Kier molecular flexibility index (Phi) is 7.54. The molecule has 3 rings (SSSR count). The van der Waals surface area contributed by atoms with Gasteiger partial charge in [-0.1, -0.05) is 35.9 Å². The van der Waals surface area contributed by atoms with Crippen molar-refractivity contribution in [2.45, 2.75) is 32.8 Å². The van der Waals surface area contributed by atoms with Gasteiger partial charge in [-0.2, -0.15) is 0 Å². The number of aryl methyl sites for hydroxylation is 1. The highest BCUT2D eigenvalue weighted by Crippen LogP contribution is 2.25. The molecule has 0 saturated heterocycles. The van der Waals surface area contributed by atoms with E-state index in [1.165, 1.54) is 17.7 Å². The highest BCUT2D eigenvalue weighted by Gasteiger charge is 2.19. The number of hydrogen-bond acceptors (Lipinski definition) is 5. The molecular weight excluding hydrogens is 405 g/mol. The lowest BCUT2D eigenvalue weighted by atomic mass is 10.1. The summed E-state index contributed by atoms with van der Waals surface area (Å²) < 4.78 is 25.1. The van der Waals surface area contributed by atoms with E-state index >= 15 is 0 Å². The molecule has 0 aliphatic heterocycles. The Labute approximate surface area is 179 Å². The summed E-state index contributed by atoms with van der Waals surface area (Å²) in [6.45, 7) is 4.34. The number of nitrogens with zero attached hydrogens (tertiary/aromatic N) is 1. The summed E-state index contributed by atoms with van der Waals surface area (Å²) >= 11 is 1.57. The molecule has 0 spiro atoms. The molecule has 2 aromatic carbocycles. The number of hydrogen-bond donors (Lipinski definition) is 1. The fraction of sp³-hybridized carbons (Fsp3) is 0.304. The number of rotatable bonds is 10. The van der Waals surface area contributed by atoms with E-state index in [0.29, 0.717) is 18.6 Å². The predicted molar refractivity (Wildman–Crippen MR) is 115 cm³/mol. The third-order valence-corrected chi connectivity index (χ3v) is 5.47. The Bertz CT molecular complexity index is 987. The van der Waals surface area contributed by atoms with Crippen molar-refractivity contribution in [1.29, 1.82) is 0 Å². The van der Waals surface area contributed by atoms with Crippen LogP contribution in [0.2, 0.25) is 0 Å². The number of benzene rings is 2. The Morgan fingerprint density at radius 3 is 2.67 bits per heavy atom. The van der Waals surface area contributed by atoms with Crippen molar-refractivity contribution in [2.75, 3.05) is 13.2 Å². The Morgan fingerprint density at radius 1 is 1.23 bits per heavy atom. The van der Waals surface area contributed by atoms with Gasteiger partial charge in [-0.25, -0.2) is 14.2 Å². The molecule has 0 amide bonds. The van der Waals surface area contributed by atoms with Gasteiger partial charge in [0, 0.05) is 30.4 Å². The van der Waals surface area contributed by atoms with Gasteiger partial charge in [0.05, 0.1) is 12.3 Å². The number of thiazole rings is 1. The zero-order chi connectivity index (χ0) is 21.5. The van der Waals surface area contributed by atoms with Crippen LogP contribution in [0.25, 0.3) is 10.6 Å². The van der Waals surface area contributed by atoms with E-state index in [2.05, 4.69) is 17.1 Å². The van der Waals surface area contributed by atoms with Crippen molar-refractivity contribution in [3.8, 4) is 16.3 Å². The maximum atomic E-state index is 14.3. The van der Waals surface area contributed by atoms with E-state index in [1.807, 2.05) is 24.4 Å². The van der Waals surface area contributed by atoms with Crippen LogP contribution in [-0.2, 0) is 22.4 Å². The molecule has 0 radical (unpaired) electrons.